The first-order valence-corrected chi connectivity index (χ1v) is 8.14. The molecular weight excluding hydrogens is 268 g/mol. The number of hydrogen-bond acceptors (Lipinski definition) is 5. The van der Waals surface area contributed by atoms with Crippen LogP contribution in [-0.4, -0.2) is 62.9 Å². The Labute approximate surface area is 129 Å². The number of nitrogens with zero attached hydrogens (tertiary/aromatic N) is 1. The van der Waals surface area contributed by atoms with Crippen LogP contribution in [0.1, 0.15) is 40.0 Å². The predicted octanol–water partition coefficient (Wildman–Crippen LogP) is 1.66. The Morgan fingerprint density at radius 1 is 1.43 bits per heavy atom. The standard InChI is InChI=1S/C16H32N2O3/c1-6-13(3)18(10-11-20-5)12-16(17-4,14-8-9-14)15(19)21-7-2/h13-14,17H,6-12H2,1-5H3. The van der Waals surface area contributed by atoms with Crippen LogP contribution < -0.4 is 5.32 Å². The minimum Gasteiger partial charge on any atom is -0.465 e. The lowest BCUT2D eigenvalue weighted by Gasteiger charge is -2.39. The first kappa shape index (κ1) is 18.4. The third-order valence-corrected chi connectivity index (χ3v) is 4.61. The molecule has 1 fully saturated rings. The average Bonchev–Trinajstić information content (AvgIpc) is 3.32. The van der Waals surface area contributed by atoms with Crippen molar-refractivity contribution in [3.63, 3.8) is 0 Å². The van der Waals surface area contributed by atoms with Crippen molar-refractivity contribution in [3.05, 3.63) is 0 Å². The highest BCUT2D eigenvalue weighted by atomic mass is 16.5. The summed E-state index contributed by atoms with van der Waals surface area (Å²) in [5.41, 5.74) is -0.576. The molecule has 0 aromatic heterocycles. The summed E-state index contributed by atoms with van der Waals surface area (Å²) in [6.07, 6.45) is 3.24. The van der Waals surface area contributed by atoms with Gasteiger partial charge in [0.2, 0.25) is 0 Å². The van der Waals surface area contributed by atoms with Crippen LogP contribution in [0.15, 0.2) is 0 Å². The quantitative estimate of drug-likeness (QED) is 0.588. The third kappa shape index (κ3) is 4.66. The van der Waals surface area contributed by atoms with Gasteiger partial charge < -0.3 is 14.8 Å². The molecule has 5 nitrogen and oxygen atoms in total. The Balaban J connectivity index is 2.87. The van der Waals surface area contributed by atoms with Crippen molar-refractivity contribution in [1.82, 2.24) is 10.2 Å². The van der Waals surface area contributed by atoms with Gasteiger partial charge in [-0.3, -0.25) is 4.90 Å². The molecular formula is C16H32N2O3. The van der Waals surface area contributed by atoms with Crippen LogP contribution in [-0.2, 0) is 14.3 Å². The van der Waals surface area contributed by atoms with Crippen LogP contribution >= 0.6 is 0 Å². The minimum absolute atomic E-state index is 0.110. The van der Waals surface area contributed by atoms with Crippen LogP contribution in [0.25, 0.3) is 0 Å². The van der Waals surface area contributed by atoms with Crippen LogP contribution in [0.3, 0.4) is 0 Å². The average molecular weight is 300 g/mol. The molecule has 1 saturated carbocycles. The van der Waals surface area contributed by atoms with Crippen molar-refractivity contribution >= 4 is 5.97 Å². The van der Waals surface area contributed by atoms with E-state index in [1.807, 2.05) is 14.0 Å². The summed E-state index contributed by atoms with van der Waals surface area (Å²) >= 11 is 0. The second kappa shape index (κ2) is 8.71. The lowest BCUT2D eigenvalue weighted by molar-refractivity contribution is -0.153. The Hall–Kier alpha value is -0.650. The van der Waals surface area contributed by atoms with Gasteiger partial charge in [0.15, 0.2) is 0 Å². The molecule has 5 heteroatoms. The summed E-state index contributed by atoms with van der Waals surface area (Å²) in [4.78, 5) is 14.9. The molecule has 0 bridgehead atoms. The SMILES string of the molecule is CCOC(=O)C(CN(CCOC)C(C)CC)(NC)C1CC1. The number of hydrogen-bond donors (Lipinski definition) is 1. The molecule has 21 heavy (non-hydrogen) atoms. The van der Waals surface area contributed by atoms with E-state index in [-0.39, 0.29) is 5.97 Å². The van der Waals surface area contributed by atoms with E-state index in [1.54, 1.807) is 7.11 Å². The molecule has 1 aliphatic carbocycles. The van der Waals surface area contributed by atoms with Gasteiger partial charge in [-0.05, 0) is 46.1 Å². The van der Waals surface area contributed by atoms with Crippen LogP contribution in [0.4, 0.5) is 0 Å². The van der Waals surface area contributed by atoms with Gasteiger partial charge in [0.05, 0.1) is 13.2 Å². The van der Waals surface area contributed by atoms with Crippen molar-refractivity contribution in [2.45, 2.75) is 51.6 Å². The molecule has 0 aromatic rings. The van der Waals surface area contributed by atoms with Crippen molar-refractivity contribution in [2.75, 3.05) is 40.5 Å². The van der Waals surface area contributed by atoms with Crippen molar-refractivity contribution < 1.29 is 14.3 Å². The summed E-state index contributed by atoms with van der Waals surface area (Å²) in [6, 6.07) is 0.418. The minimum atomic E-state index is -0.576. The molecule has 2 atom stereocenters. The Bertz CT molecular complexity index is 321. The van der Waals surface area contributed by atoms with E-state index in [0.717, 1.165) is 25.8 Å². The number of rotatable bonds is 11. The molecule has 0 aliphatic heterocycles. The van der Waals surface area contributed by atoms with Gasteiger partial charge in [-0.1, -0.05) is 6.92 Å². The monoisotopic (exact) mass is 300 g/mol. The maximum atomic E-state index is 12.6. The van der Waals surface area contributed by atoms with Gasteiger partial charge in [-0.2, -0.15) is 0 Å². The molecule has 0 radical (unpaired) electrons. The topological polar surface area (TPSA) is 50.8 Å². The van der Waals surface area contributed by atoms with E-state index >= 15 is 0 Å². The van der Waals surface area contributed by atoms with Crippen LogP contribution in [0.2, 0.25) is 0 Å². The van der Waals surface area contributed by atoms with Crippen molar-refractivity contribution in [3.8, 4) is 0 Å². The maximum Gasteiger partial charge on any atom is 0.327 e. The first-order valence-electron chi connectivity index (χ1n) is 8.14. The first-order chi connectivity index (χ1) is 10.1. The summed E-state index contributed by atoms with van der Waals surface area (Å²) in [5, 5.41) is 3.29. The van der Waals surface area contributed by atoms with E-state index in [2.05, 4.69) is 24.1 Å². The summed E-state index contributed by atoms with van der Waals surface area (Å²) in [6.45, 7) is 8.87. The normalized spacial score (nSPS) is 19.3. The zero-order chi connectivity index (χ0) is 15.9. The fourth-order valence-corrected chi connectivity index (χ4v) is 2.82. The molecule has 1 aliphatic rings. The Morgan fingerprint density at radius 2 is 2.10 bits per heavy atom. The smallest absolute Gasteiger partial charge is 0.327 e. The van der Waals surface area contributed by atoms with Crippen molar-refractivity contribution in [1.29, 1.82) is 0 Å². The van der Waals surface area contributed by atoms with E-state index in [9.17, 15) is 4.79 Å². The van der Waals surface area contributed by atoms with Crippen molar-refractivity contribution in [2.24, 2.45) is 5.92 Å². The van der Waals surface area contributed by atoms with E-state index in [4.69, 9.17) is 9.47 Å². The highest BCUT2D eigenvalue weighted by Crippen LogP contribution is 2.41. The number of methoxy groups -OCH3 is 1. The second-order valence-corrected chi connectivity index (χ2v) is 5.94. The molecule has 0 spiro atoms. The zero-order valence-electron chi connectivity index (χ0n) is 14.3. The third-order valence-electron chi connectivity index (χ3n) is 4.61. The number of carbonyl (C=O) groups excluding carboxylic acids is 1. The largest absolute Gasteiger partial charge is 0.465 e. The Kier molecular flexibility index (Phi) is 7.63. The van der Waals surface area contributed by atoms with Gasteiger partial charge >= 0.3 is 5.97 Å². The summed E-state index contributed by atoms with van der Waals surface area (Å²) in [5.74, 6) is 0.274. The van der Waals surface area contributed by atoms with Crippen LogP contribution in [0.5, 0.6) is 0 Å². The number of ether oxygens (including phenoxy) is 2. The molecule has 0 saturated heterocycles. The number of esters is 1. The molecule has 124 valence electrons. The fraction of sp³-hybridized carbons (Fsp3) is 0.938. The van der Waals surface area contributed by atoms with Gasteiger partial charge in [-0.25, -0.2) is 4.79 Å². The highest BCUT2D eigenvalue weighted by molar-refractivity contribution is 5.82. The lowest BCUT2D eigenvalue weighted by atomic mass is 9.91. The van der Waals surface area contributed by atoms with Gasteiger partial charge in [0, 0.05) is 26.2 Å². The predicted molar refractivity (Wildman–Crippen MR) is 84.3 cm³/mol. The number of nitrogens with one attached hydrogen (secondary N) is 1. The Morgan fingerprint density at radius 3 is 2.52 bits per heavy atom. The zero-order valence-corrected chi connectivity index (χ0v) is 14.3. The maximum absolute atomic E-state index is 12.6. The summed E-state index contributed by atoms with van der Waals surface area (Å²) < 4.78 is 10.6. The molecule has 1 rings (SSSR count). The number of likely N-dealkylation sites (N-methyl/N-ethyl adjacent to an activating group) is 1. The molecule has 0 heterocycles. The van der Waals surface area contributed by atoms with Crippen LogP contribution in [0, 0.1) is 5.92 Å². The molecule has 0 aromatic carbocycles. The lowest BCUT2D eigenvalue weighted by Crippen LogP contribution is -2.61. The fourth-order valence-electron chi connectivity index (χ4n) is 2.82. The van der Waals surface area contributed by atoms with E-state index < -0.39 is 5.54 Å². The summed E-state index contributed by atoms with van der Waals surface area (Å²) in [7, 11) is 3.59. The van der Waals surface area contributed by atoms with E-state index in [1.165, 1.54) is 0 Å². The van der Waals surface area contributed by atoms with Gasteiger partial charge in [0.25, 0.3) is 0 Å². The molecule has 2 unspecified atom stereocenters. The highest BCUT2D eigenvalue weighted by Gasteiger charge is 2.52. The molecule has 0 amide bonds. The second-order valence-electron chi connectivity index (χ2n) is 5.94. The van der Waals surface area contributed by atoms with E-state index in [0.29, 0.717) is 31.7 Å². The van der Waals surface area contributed by atoms with Gasteiger partial charge in [-0.15, -0.1) is 0 Å². The number of carbonyl (C=O) groups is 1. The molecule has 1 N–H and O–H groups in total. The van der Waals surface area contributed by atoms with Gasteiger partial charge in [0.1, 0.15) is 5.54 Å².